The molecule has 0 unspecified atom stereocenters. The molecule has 0 aliphatic heterocycles. The molecule has 1 heterocycles. The highest BCUT2D eigenvalue weighted by Gasteiger charge is 2.16. The van der Waals surface area contributed by atoms with Gasteiger partial charge in [0, 0.05) is 16.0 Å². The number of nitrogens with zero attached hydrogens (tertiary/aromatic N) is 2. The molecular weight excluding hydrogens is 280 g/mol. The molecule has 0 N–H and O–H groups in total. The SMILES string of the molecule is CCOc1ccc2c(c1)[n+](=O)c1ccc(Cl)cc1n2[O-]. The maximum atomic E-state index is 12.4. The molecule has 0 aliphatic carbocycles. The first-order chi connectivity index (χ1) is 9.61. The summed E-state index contributed by atoms with van der Waals surface area (Å²) in [6.45, 7) is 2.34. The monoisotopic (exact) mass is 290 g/mol. The predicted octanol–water partition coefficient (Wildman–Crippen LogP) is 3.11. The van der Waals surface area contributed by atoms with Gasteiger partial charge in [0.25, 0.3) is 11.0 Å². The number of halogens is 1. The van der Waals surface area contributed by atoms with Crippen LogP contribution in [-0.2, 0) is 0 Å². The smallest absolute Gasteiger partial charge is 0.290 e. The molecule has 0 radical (unpaired) electrons. The zero-order valence-electron chi connectivity index (χ0n) is 10.7. The van der Waals surface area contributed by atoms with E-state index >= 15 is 0 Å². The van der Waals surface area contributed by atoms with Crippen LogP contribution >= 0.6 is 11.6 Å². The van der Waals surface area contributed by atoms with Gasteiger partial charge in [0.2, 0.25) is 0 Å². The highest BCUT2D eigenvalue weighted by molar-refractivity contribution is 6.31. The Bertz CT molecular complexity index is 874. The lowest BCUT2D eigenvalue weighted by Crippen LogP contribution is -2.19. The molecule has 0 spiro atoms. The van der Waals surface area contributed by atoms with Gasteiger partial charge in [0.05, 0.1) is 17.1 Å². The average Bonchev–Trinajstić information content (AvgIpc) is 2.45. The number of aromatic nitrogens is 2. The molecular formula is C14H11ClN2O3. The standard InChI is InChI=1S/C14H11ClN2O3/c1-2-20-10-4-6-12-14(8-10)17(19)11-5-3-9(15)7-13(11)16(12)18/h3-8H,2H2,1H3. The fourth-order valence-corrected chi connectivity index (χ4v) is 2.35. The summed E-state index contributed by atoms with van der Waals surface area (Å²) in [4.78, 5) is 12.4. The van der Waals surface area contributed by atoms with Crippen molar-refractivity contribution in [1.29, 1.82) is 0 Å². The zero-order valence-corrected chi connectivity index (χ0v) is 11.4. The minimum Gasteiger partial charge on any atom is -0.805 e. The first-order valence-electron chi connectivity index (χ1n) is 6.12. The molecule has 0 bridgehead atoms. The van der Waals surface area contributed by atoms with Gasteiger partial charge in [-0.1, -0.05) is 11.6 Å². The van der Waals surface area contributed by atoms with Crippen molar-refractivity contribution in [2.45, 2.75) is 6.92 Å². The Labute approximate surface area is 119 Å². The van der Waals surface area contributed by atoms with Crippen LogP contribution in [0.15, 0.2) is 36.4 Å². The van der Waals surface area contributed by atoms with Crippen LogP contribution < -0.4 is 9.16 Å². The lowest BCUT2D eigenvalue weighted by molar-refractivity contribution is -0.432. The first kappa shape index (κ1) is 12.7. The Morgan fingerprint density at radius 2 is 2.00 bits per heavy atom. The lowest BCUT2D eigenvalue weighted by atomic mass is 10.2. The molecule has 2 aromatic carbocycles. The molecule has 0 saturated heterocycles. The summed E-state index contributed by atoms with van der Waals surface area (Å²) >= 11 is 5.88. The van der Waals surface area contributed by atoms with E-state index in [0.29, 0.717) is 22.1 Å². The molecule has 5 nitrogen and oxygen atoms in total. The van der Waals surface area contributed by atoms with Crippen molar-refractivity contribution in [1.82, 2.24) is 4.73 Å². The normalized spacial score (nSPS) is 11.1. The second kappa shape index (κ2) is 4.68. The summed E-state index contributed by atoms with van der Waals surface area (Å²) in [7, 11) is 0. The van der Waals surface area contributed by atoms with E-state index in [2.05, 4.69) is 0 Å². The summed E-state index contributed by atoms with van der Waals surface area (Å²) in [5, 5.41) is 12.7. The first-order valence-corrected chi connectivity index (χ1v) is 6.50. The van der Waals surface area contributed by atoms with Crippen LogP contribution in [0.2, 0.25) is 5.02 Å². The number of benzene rings is 2. The summed E-state index contributed by atoms with van der Waals surface area (Å²) in [6, 6.07) is 9.39. The topological polar surface area (TPSA) is 60.2 Å². The van der Waals surface area contributed by atoms with Crippen LogP contribution in [0.25, 0.3) is 22.1 Å². The van der Waals surface area contributed by atoms with Gasteiger partial charge < -0.3 is 14.7 Å². The number of hydrogen-bond acceptors (Lipinski definition) is 3. The second-order valence-corrected chi connectivity index (χ2v) is 4.74. The van der Waals surface area contributed by atoms with Crippen molar-refractivity contribution < 1.29 is 9.16 Å². The van der Waals surface area contributed by atoms with Crippen molar-refractivity contribution in [3.8, 4) is 5.75 Å². The van der Waals surface area contributed by atoms with Crippen LogP contribution in [0.1, 0.15) is 6.92 Å². The van der Waals surface area contributed by atoms with Crippen molar-refractivity contribution in [3.05, 3.63) is 51.5 Å². The molecule has 0 fully saturated rings. The molecule has 3 rings (SSSR count). The Morgan fingerprint density at radius 3 is 2.75 bits per heavy atom. The van der Waals surface area contributed by atoms with Crippen LogP contribution in [0, 0.1) is 10.1 Å². The highest BCUT2D eigenvalue weighted by Crippen LogP contribution is 2.23. The van der Waals surface area contributed by atoms with E-state index in [1.807, 2.05) is 6.92 Å². The molecule has 3 aromatic rings. The third-order valence-corrected chi connectivity index (χ3v) is 3.31. The molecule has 0 amide bonds. The van der Waals surface area contributed by atoms with Crippen LogP contribution in [0.5, 0.6) is 5.75 Å². The lowest BCUT2D eigenvalue weighted by Gasteiger charge is -2.14. The van der Waals surface area contributed by atoms with E-state index in [9.17, 15) is 10.1 Å². The van der Waals surface area contributed by atoms with Gasteiger partial charge in [0.15, 0.2) is 0 Å². The van der Waals surface area contributed by atoms with Gasteiger partial charge >= 0.3 is 0 Å². The predicted molar refractivity (Wildman–Crippen MR) is 77.8 cm³/mol. The summed E-state index contributed by atoms with van der Waals surface area (Å²) < 4.78 is 6.78. The van der Waals surface area contributed by atoms with Crippen molar-refractivity contribution in [2.75, 3.05) is 6.61 Å². The van der Waals surface area contributed by atoms with Gasteiger partial charge in [-0.25, -0.2) is 0 Å². The number of ether oxygens (including phenoxy) is 1. The third-order valence-electron chi connectivity index (χ3n) is 3.07. The van der Waals surface area contributed by atoms with Crippen molar-refractivity contribution in [3.63, 3.8) is 0 Å². The van der Waals surface area contributed by atoms with Crippen LogP contribution in [0.4, 0.5) is 0 Å². The molecule has 0 saturated carbocycles. The maximum Gasteiger partial charge on any atom is 0.290 e. The largest absolute Gasteiger partial charge is 0.805 e. The van der Waals surface area contributed by atoms with Crippen LogP contribution in [-0.4, -0.2) is 11.3 Å². The molecule has 6 heteroatoms. The quantitative estimate of drug-likeness (QED) is 0.538. The van der Waals surface area contributed by atoms with E-state index in [1.165, 1.54) is 12.1 Å². The Morgan fingerprint density at radius 1 is 1.20 bits per heavy atom. The fourth-order valence-electron chi connectivity index (χ4n) is 2.18. The third kappa shape index (κ3) is 1.87. The van der Waals surface area contributed by atoms with Gasteiger partial charge in [-0.2, -0.15) is 0 Å². The summed E-state index contributed by atoms with van der Waals surface area (Å²) in [5.41, 5.74) is 1.05. The highest BCUT2D eigenvalue weighted by atomic mass is 35.5. The van der Waals surface area contributed by atoms with E-state index in [4.69, 9.17) is 16.3 Å². The minimum atomic E-state index is 0.240. The molecule has 0 atom stereocenters. The van der Waals surface area contributed by atoms with E-state index < -0.39 is 0 Å². The molecule has 102 valence electrons. The van der Waals surface area contributed by atoms with Gasteiger partial charge in [-0.15, -0.1) is 0 Å². The Balaban J connectivity index is 2.45. The average molecular weight is 291 g/mol. The zero-order chi connectivity index (χ0) is 14.3. The second-order valence-electron chi connectivity index (χ2n) is 4.31. The molecule has 0 aliphatic rings. The van der Waals surface area contributed by atoms with E-state index in [1.54, 1.807) is 24.3 Å². The fraction of sp³-hybridized carbons (Fsp3) is 0.143. The van der Waals surface area contributed by atoms with E-state index in [0.717, 1.165) is 4.43 Å². The number of rotatable bonds is 2. The number of fused-ring (bicyclic) bond motifs is 2. The summed E-state index contributed by atoms with van der Waals surface area (Å²) in [5.74, 6) is 0.554. The van der Waals surface area contributed by atoms with Crippen molar-refractivity contribution >= 4 is 33.7 Å². The van der Waals surface area contributed by atoms with Crippen LogP contribution in [0.3, 0.4) is 0 Å². The Hall–Kier alpha value is -2.27. The number of hydrogen-bond donors (Lipinski definition) is 0. The van der Waals surface area contributed by atoms with Crippen molar-refractivity contribution in [2.24, 2.45) is 0 Å². The molecule has 20 heavy (non-hydrogen) atoms. The molecule has 1 aromatic heterocycles. The van der Waals surface area contributed by atoms with Gasteiger partial charge in [-0.3, -0.25) is 0 Å². The van der Waals surface area contributed by atoms with E-state index in [-0.39, 0.29) is 22.1 Å². The van der Waals surface area contributed by atoms with Gasteiger partial charge in [0.1, 0.15) is 16.8 Å². The van der Waals surface area contributed by atoms with Gasteiger partial charge in [-0.05, 0) is 31.2 Å². The Kier molecular flexibility index (Phi) is 2.99. The summed E-state index contributed by atoms with van der Waals surface area (Å²) in [6.07, 6.45) is 0. The maximum absolute atomic E-state index is 12.4. The minimum absolute atomic E-state index is 0.240.